The maximum absolute atomic E-state index is 11.2. The number of benzene rings is 1. The Hall–Kier alpha value is -0.990. The highest BCUT2D eigenvalue weighted by Gasteiger charge is 2.17. The molecule has 0 aliphatic heterocycles. The predicted molar refractivity (Wildman–Crippen MR) is 64.6 cm³/mol. The monoisotopic (exact) mass is 343 g/mol. The maximum Gasteiger partial charge on any atom is 0.427 e. The van der Waals surface area contributed by atoms with Gasteiger partial charge < -0.3 is 9.47 Å². The molecule has 0 saturated heterocycles. The molecule has 1 aromatic carbocycles. The minimum absolute atomic E-state index is 0.0489. The second-order valence-electron chi connectivity index (χ2n) is 2.70. The van der Waals surface area contributed by atoms with Crippen LogP contribution in [-0.4, -0.2) is 21.6 Å². The molecule has 0 aromatic heterocycles. The Morgan fingerprint density at radius 3 is 2.65 bits per heavy atom. The first-order chi connectivity index (χ1) is 7.83. The van der Waals surface area contributed by atoms with Gasteiger partial charge in [-0.15, -0.1) is 0 Å². The number of hydrogen-bond acceptors (Lipinski definition) is 5. The van der Waals surface area contributed by atoms with E-state index in [4.69, 9.17) is 20.2 Å². The van der Waals surface area contributed by atoms with Crippen LogP contribution in [0.3, 0.4) is 0 Å². The molecule has 17 heavy (non-hydrogen) atoms. The maximum atomic E-state index is 11.2. The summed E-state index contributed by atoms with van der Waals surface area (Å²) in [5.74, 6) is 0.314. The van der Waals surface area contributed by atoms with Gasteiger partial charge in [0, 0.05) is 10.7 Å². The molecule has 0 aliphatic carbocycles. The van der Waals surface area contributed by atoms with Crippen molar-refractivity contribution in [3.05, 3.63) is 22.7 Å². The Balaban J connectivity index is 2.92. The Morgan fingerprint density at radius 1 is 1.47 bits per heavy atom. The largest absolute Gasteiger partial charge is 0.493 e. The van der Waals surface area contributed by atoms with Gasteiger partial charge in [-0.05, 0) is 28.1 Å². The summed E-state index contributed by atoms with van der Waals surface area (Å²) in [4.78, 5) is 11.2. The van der Waals surface area contributed by atoms with E-state index in [1.807, 2.05) is 0 Å². The van der Waals surface area contributed by atoms with Crippen LogP contribution in [0.25, 0.3) is 0 Å². The van der Waals surface area contributed by atoms with Gasteiger partial charge >= 0.3 is 15.3 Å². The van der Waals surface area contributed by atoms with Gasteiger partial charge in [-0.1, -0.05) is 6.07 Å². The lowest BCUT2D eigenvalue weighted by Gasteiger charge is -2.10. The third kappa shape index (κ3) is 4.41. The number of amides is 1. The van der Waals surface area contributed by atoms with Gasteiger partial charge in [-0.2, -0.15) is 8.42 Å². The fraction of sp³-hybridized carbons (Fsp3) is 0.125. The van der Waals surface area contributed by atoms with Gasteiger partial charge in [0.15, 0.2) is 11.5 Å². The molecule has 0 spiro atoms. The molecule has 94 valence electrons. The first kappa shape index (κ1) is 14.1. The van der Waals surface area contributed by atoms with E-state index in [0.717, 1.165) is 0 Å². The van der Waals surface area contributed by atoms with Crippen LogP contribution >= 0.6 is 26.6 Å². The number of ether oxygens (including phenoxy) is 2. The molecule has 0 unspecified atom stereocenters. The van der Waals surface area contributed by atoms with E-state index in [1.54, 1.807) is 18.2 Å². The molecular formula is C8H7BrClNO5S. The summed E-state index contributed by atoms with van der Waals surface area (Å²) in [5.41, 5.74) is 0. The second-order valence-corrected chi connectivity index (χ2v) is 5.85. The molecule has 1 aromatic rings. The predicted octanol–water partition coefficient (Wildman–Crippen LogP) is 2.03. The third-order valence-electron chi connectivity index (χ3n) is 1.55. The molecule has 0 bridgehead atoms. The van der Waals surface area contributed by atoms with Crippen LogP contribution in [0.1, 0.15) is 0 Å². The van der Waals surface area contributed by atoms with Crippen molar-refractivity contribution in [2.45, 2.75) is 0 Å². The highest BCUT2D eigenvalue weighted by atomic mass is 79.9. The van der Waals surface area contributed by atoms with Crippen LogP contribution in [0.5, 0.6) is 11.5 Å². The lowest BCUT2D eigenvalue weighted by molar-refractivity contribution is 0.204. The number of carbonyl (C=O) groups excluding carboxylic acids is 1. The van der Waals surface area contributed by atoms with Gasteiger partial charge in [0.05, 0.1) is 11.6 Å². The molecule has 0 aliphatic rings. The average Bonchev–Trinajstić information content (AvgIpc) is 2.18. The normalized spacial score (nSPS) is 10.8. The van der Waals surface area contributed by atoms with Crippen molar-refractivity contribution >= 4 is 41.9 Å². The Labute approximate surface area is 111 Å². The van der Waals surface area contributed by atoms with Crippen LogP contribution in [0, 0.1) is 0 Å². The third-order valence-corrected chi connectivity index (χ3v) is 2.82. The molecule has 6 nitrogen and oxygen atoms in total. The van der Waals surface area contributed by atoms with Crippen LogP contribution in [-0.2, 0) is 9.24 Å². The van der Waals surface area contributed by atoms with E-state index in [2.05, 4.69) is 15.9 Å². The van der Waals surface area contributed by atoms with E-state index in [1.165, 1.54) is 11.8 Å². The molecule has 0 fully saturated rings. The number of nitrogens with one attached hydrogen (secondary N) is 1. The average molecular weight is 345 g/mol. The van der Waals surface area contributed by atoms with Crippen LogP contribution in [0.2, 0.25) is 0 Å². The number of para-hydroxylation sites is 1. The zero-order valence-corrected chi connectivity index (χ0v) is 11.6. The van der Waals surface area contributed by atoms with Crippen molar-refractivity contribution in [1.82, 2.24) is 4.72 Å². The summed E-state index contributed by atoms with van der Waals surface area (Å²) in [5, 5.41) is 0. The minimum Gasteiger partial charge on any atom is -0.493 e. The van der Waals surface area contributed by atoms with Gasteiger partial charge in [-0.3, -0.25) is 0 Å². The first-order valence-electron chi connectivity index (χ1n) is 4.10. The topological polar surface area (TPSA) is 81.7 Å². The van der Waals surface area contributed by atoms with Gasteiger partial charge in [0.25, 0.3) is 0 Å². The summed E-state index contributed by atoms with van der Waals surface area (Å²) in [6.45, 7) is 0. The fourth-order valence-electron chi connectivity index (χ4n) is 0.962. The van der Waals surface area contributed by atoms with Gasteiger partial charge in [0.1, 0.15) is 0 Å². The minimum atomic E-state index is -4.18. The number of halogens is 2. The Bertz CT molecular complexity index is 533. The summed E-state index contributed by atoms with van der Waals surface area (Å²) in [6, 6.07) is 4.80. The van der Waals surface area contributed by atoms with E-state index < -0.39 is 15.3 Å². The van der Waals surface area contributed by atoms with Crippen molar-refractivity contribution in [3.8, 4) is 11.5 Å². The summed E-state index contributed by atoms with van der Waals surface area (Å²) in [7, 11) is 2.02. The molecule has 1 rings (SSSR count). The quantitative estimate of drug-likeness (QED) is 0.849. The van der Waals surface area contributed by atoms with E-state index >= 15 is 0 Å². The molecule has 0 saturated carbocycles. The van der Waals surface area contributed by atoms with Gasteiger partial charge in [0.2, 0.25) is 0 Å². The number of methoxy groups -OCH3 is 1. The second kappa shape index (κ2) is 5.56. The van der Waals surface area contributed by atoms with Crippen molar-refractivity contribution in [2.24, 2.45) is 0 Å². The summed E-state index contributed by atoms with van der Waals surface area (Å²) < 4.78 is 32.7. The standard InChI is InChI=1S/C8H7BrClNO5S/c1-15-6-4-2-3-5(9)7(6)16-8(12)11-17(10,13)14/h2-4H,1H3,(H,11,12). The number of hydrogen-bond donors (Lipinski definition) is 1. The summed E-state index contributed by atoms with van der Waals surface area (Å²) >= 11 is 3.13. The Morgan fingerprint density at radius 2 is 2.12 bits per heavy atom. The van der Waals surface area contributed by atoms with Crippen LogP contribution in [0.15, 0.2) is 22.7 Å². The summed E-state index contributed by atoms with van der Waals surface area (Å²) in [6.07, 6.45) is -1.23. The lowest BCUT2D eigenvalue weighted by Crippen LogP contribution is -2.29. The number of carbonyl (C=O) groups is 1. The highest BCUT2D eigenvalue weighted by molar-refractivity contribution is 9.10. The zero-order chi connectivity index (χ0) is 13.1. The van der Waals surface area contributed by atoms with E-state index in [-0.39, 0.29) is 11.5 Å². The van der Waals surface area contributed by atoms with E-state index in [0.29, 0.717) is 4.47 Å². The van der Waals surface area contributed by atoms with Crippen LogP contribution in [0.4, 0.5) is 4.79 Å². The fourth-order valence-corrected chi connectivity index (χ4v) is 1.82. The molecule has 0 radical (unpaired) electrons. The highest BCUT2D eigenvalue weighted by Crippen LogP contribution is 2.34. The Kier molecular flexibility index (Phi) is 4.61. The lowest BCUT2D eigenvalue weighted by atomic mass is 10.3. The van der Waals surface area contributed by atoms with Crippen molar-refractivity contribution < 1.29 is 22.7 Å². The van der Waals surface area contributed by atoms with Crippen molar-refractivity contribution in [1.29, 1.82) is 0 Å². The smallest absolute Gasteiger partial charge is 0.427 e. The molecule has 0 heterocycles. The molecule has 0 atom stereocenters. The SMILES string of the molecule is COc1cccc(Br)c1OC(=O)NS(=O)(=O)Cl. The van der Waals surface area contributed by atoms with Crippen LogP contribution < -0.4 is 14.2 Å². The molecule has 9 heteroatoms. The number of rotatable bonds is 3. The molecule has 1 N–H and O–H groups in total. The zero-order valence-electron chi connectivity index (χ0n) is 8.44. The molecular weight excluding hydrogens is 338 g/mol. The van der Waals surface area contributed by atoms with Crippen molar-refractivity contribution in [2.75, 3.05) is 7.11 Å². The molecule has 1 amide bonds. The first-order valence-corrected chi connectivity index (χ1v) is 7.20. The van der Waals surface area contributed by atoms with Crippen molar-refractivity contribution in [3.63, 3.8) is 0 Å². The van der Waals surface area contributed by atoms with Gasteiger partial charge in [-0.25, -0.2) is 9.52 Å². The van der Waals surface area contributed by atoms with E-state index in [9.17, 15) is 13.2 Å².